The molecule has 0 spiro atoms. The van der Waals surface area contributed by atoms with Gasteiger partial charge in [0.2, 0.25) is 0 Å². The molecule has 1 saturated heterocycles. The molecular formula is C20H23N3O3. The maximum atomic E-state index is 12.1. The second kappa shape index (κ2) is 8.49. The normalized spacial score (nSPS) is 15.4. The number of phenols is 1. The number of nitrogens with one attached hydrogen (secondary N) is 2. The minimum atomic E-state index is -0.692. The second-order valence-corrected chi connectivity index (χ2v) is 6.51. The fourth-order valence-electron chi connectivity index (χ4n) is 3.06. The number of benzene rings is 2. The van der Waals surface area contributed by atoms with Crippen molar-refractivity contribution >= 4 is 17.5 Å². The van der Waals surface area contributed by atoms with Crippen LogP contribution in [0.1, 0.15) is 18.4 Å². The van der Waals surface area contributed by atoms with E-state index in [1.807, 2.05) is 18.2 Å². The minimum Gasteiger partial charge on any atom is -0.508 e. The van der Waals surface area contributed by atoms with E-state index in [2.05, 4.69) is 27.7 Å². The molecule has 0 radical (unpaired) electrons. The topological polar surface area (TPSA) is 81.7 Å². The summed E-state index contributed by atoms with van der Waals surface area (Å²) in [4.78, 5) is 26.4. The number of carbonyl (C=O) groups excluding carboxylic acids is 2. The maximum absolute atomic E-state index is 12.1. The lowest BCUT2D eigenvalue weighted by Gasteiger charge is -2.32. The number of hydrogen-bond donors (Lipinski definition) is 3. The molecule has 1 aliphatic rings. The number of piperidine rings is 1. The Morgan fingerprint density at radius 2 is 1.62 bits per heavy atom. The Labute approximate surface area is 152 Å². The predicted octanol–water partition coefficient (Wildman–Crippen LogP) is 2.11. The quantitative estimate of drug-likeness (QED) is 0.581. The molecule has 3 N–H and O–H groups in total. The van der Waals surface area contributed by atoms with Gasteiger partial charge in [0.1, 0.15) is 5.75 Å². The van der Waals surface area contributed by atoms with Gasteiger partial charge in [0, 0.05) is 31.4 Å². The Kier molecular flexibility index (Phi) is 5.86. The Balaban J connectivity index is 1.42. The van der Waals surface area contributed by atoms with Gasteiger partial charge >= 0.3 is 11.8 Å². The van der Waals surface area contributed by atoms with Gasteiger partial charge in [0.15, 0.2) is 0 Å². The van der Waals surface area contributed by atoms with Crippen molar-refractivity contribution in [3.8, 4) is 5.75 Å². The van der Waals surface area contributed by atoms with E-state index in [9.17, 15) is 14.7 Å². The van der Waals surface area contributed by atoms with Gasteiger partial charge in [0.25, 0.3) is 0 Å². The van der Waals surface area contributed by atoms with Crippen molar-refractivity contribution in [2.75, 3.05) is 18.4 Å². The Hall–Kier alpha value is -2.86. The molecule has 26 heavy (non-hydrogen) atoms. The third-order valence-corrected chi connectivity index (χ3v) is 4.50. The van der Waals surface area contributed by atoms with Crippen molar-refractivity contribution in [1.29, 1.82) is 0 Å². The van der Waals surface area contributed by atoms with Crippen LogP contribution in [-0.2, 0) is 16.1 Å². The summed E-state index contributed by atoms with van der Waals surface area (Å²) in [6.07, 6.45) is 1.65. The molecule has 2 aromatic rings. The molecule has 0 unspecified atom stereocenters. The molecule has 6 heteroatoms. The van der Waals surface area contributed by atoms with E-state index in [1.54, 1.807) is 12.1 Å². The van der Waals surface area contributed by atoms with Gasteiger partial charge in [-0.2, -0.15) is 0 Å². The van der Waals surface area contributed by atoms with Gasteiger partial charge in [-0.05, 0) is 42.7 Å². The van der Waals surface area contributed by atoms with Gasteiger partial charge in [0.05, 0.1) is 0 Å². The molecule has 1 aliphatic heterocycles. The maximum Gasteiger partial charge on any atom is 0.313 e. The highest BCUT2D eigenvalue weighted by molar-refractivity contribution is 6.39. The summed E-state index contributed by atoms with van der Waals surface area (Å²) in [5.74, 6) is -1.21. The zero-order valence-electron chi connectivity index (χ0n) is 14.5. The Morgan fingerprint density at radius 1 is 0.962 bits per heavy atom. The van der Waals surface area contributed by atoms with E-state index in [4.69, 9.17) is 0 Å². The monoisotopic (exact) mass is 353 g/mol. The minimum absolute atomic E-state index is 0.0140. The molecule has 0 saturated carbocycles. The number of carbonyl (C=O) groups is 2. The highest BCUT2D eigenvalue weighted by Gasteiger charge is 2.23. The van der Waals surface area contributed by atoms with Crippen LogP contribution in [0.3, 0.4) is 0 Å². The van der Waals surface area contributed by atoms with E-state index in [0.717, 1.165) is 32.5 Å². The molecule has 6 nitrogen and oxygen atoms in total. The highest BCUT2D eigenvalue weighted by Crippen LogP contribution is 2.15. The SMILES string of the molecule is O=C(Nc1ccc(O)cc1)C(=O)NC1CCN(Cc2ccccc2)CC1. The van der Waals surface area contributed by atoms with Crippen molar-refractivity contribution in [3.63, 3.8) is 0 Å². The van der Waals surface area contributed by atoms with Crippen molar-refractivity contribution in [2.45, 2.75) is 25.4 Å². The molecule has 2 aromatic carbocycles. The lowest BCUT2D eigenvalue weighted by atomic mass is 10.0. The van der Waals surface area contributed by atoms with Gasteiger partial charge in [-0.3, -0.25) is 14.5 Å². The van der Waals surface area contributed by atoms with Crippen LogP contribution < -0.4 is 10.6 Å². The van der Waals surface area contributed by atoms with Crippen LogP contribution >= 0.6 is 0 Å². The standard InChI is InChI=1S/C20H23N3O3/c24-18-8-6-16(7-9-18)21-19(25)20(26)22-17-10-12-23(13-11-17)14-15-4-2-1-3-5-15/h1-9,17,24H,10-14H2,(H,21,25)(H,22,26). The average Bonchev–Trinajstić information content (AvgIpc) is 2.66. The molecule has 0 bridgehead atoms. The Bertz CT molecular complexity index is 739. The van der Waals surface area contributed by atoms with Crippen LogP contribution in [0.4, 0.5) is 5.69 Å². The van der Waals surface area contributed by atoms with Crippen molar-refractivity contribution in [1.82, 2.24) is 10.2 Å². The van der Waals surface area contributed by atoms with Crippen LogP contribution in [0.25, 0.3) is 0 Å². The number of phenolic OH excluding ortho intramolecular Hbond substituents is 1. The lowest BCUT2D eigenvalue weighted by molar-refractivity contribution is -0.136. The summed E-state index contributed by atoms with van der Waals surface area (Å²) in [6.45, 7) is 2.68. The number of amides is 2. The molecule has 1 heterocycles. The average molecular weight is 353 g/mol. The smallest absolute Gasteiger partial charge is 0.313 e. The summed E-state index contributed by atoms with van der Waals surface area (Å²) < 4.78 is 0. The van der Waals surface area contributed by atoms with Crippen LogP contribution in [-0.4, -0.2) is 41.0 Å². The van der Waals surface area contributed by atoms with Crippen LogP contribution in [0.2, 0.25) is 0 Å². The molecule has 1 fully saturated rings. The number of aromatic hydroxyl groups is 1. The molecule has 0 aromatic heterocycles. The molecule has 0 aliphatic carbocycles. The number of nitrogens with zero attached hydrogens (tertiary/aromatic N) is 1. The second-order valence-electron chi connectivity index (χ2n) is 6.51. The highest BCUT2D eigenvalue weighted by atomic mass is 16.3. The van der Waals surface area contributed by atoms with Gasteiger partial charge in [-0.25, -0.2) is 0 Å². The molecular weight excluding hydrogens is 330 g/mol. The van der Waals surface area contributed by atoms with Crippen molar-refractivity contribution in [3.05, 3.63) is 60.2 Å². The Morgan fingerprint density at radius 3 is 2.27 bits per heavy atom. The van der Waals surface area contributed by atoms with Crippen LogP contribution in [0, 0.1) is 0 Å². The molecule has 3 rings (SSSR count). The van der Waals surface area contributed by atoms with Crippen LogP contribution in [0.5, 0.6) is 5.75 Å². The third kappa shape index (κ3) is 5.07. The number of hydrogen-bond acceptors (Lipinski definition) is 4. The first-order valence-corrected chi connectivity index (χ1v) is 8.77. The first-order valence-electron chi connectivity index (χ1n) is 8.77. The lowest BCUT2D eigenvalue weighted by Crippen LogP contribution is -2.47. The van der Waals surface area contributed by atoms with E-state index in [0.29, 0.717) is 5.69 Å². The summed E-state index contributed by atoms with van der Waals surface area (Å²) >= 11 is 0. The fourth-order valence-corrected chi connectivity index (χ4v) is 3.06. The summed E-state index contributed by atoms with van der Waals surface area (Å²) in [6, 6.07) is 16.3. The zero-order chi connectivity index (χ0) is 18.4. The molecule has 0 atom stereocenters. The van der Waals surface area contributed by atoms with E-state index in [1.165, 1.54) is 17.7 Å². The fraction of sp³-hybridized carbons (Fsp3) is 0.300. The summed E-state index contributed by atoms with van der Waals surface area (Å²) in [5, 5.41) is 14.6. The van der Waals surface area contributed by atoms with Crippen molar-refractivity contribution in [2.24, 2.45) is 0 Å². The van der Waals surface area contributed by atoms with Crippen LogP contribution in [0.15, 0.2) is 54.6 Å². The summed E-state index contributed by atoms with van der Waals surface area (Å²) in [7, 11) is 0. The number of rotatable bonds is 4. The zero-order valence-corrected chi connectivity index (χ0v) is 14.5. The van der Waals surface area contributed by atoms with Gasteiger partial charge in [-0.1, -0.05) is 30.3 Å². The van der Waals surface area contributed by atoms with E-state index < -0.39 is 11.8 Å². The first-order chi connectivity index (χ1) is 12.6. The van der Waals surface area contributed by atoms with Gasteiger partial charge < -0.3 is 15.7 Å². The molecule has 136 valence electrons. The van der Waals surface area contributed by atoms with E-state index in [-0.39, 0.29) is 11.8 Å². The van der Waals surface area contributed by atoms with Gasteiger partial charge in [-0.15, -0.1) is 0 Å². The van der Waals surface area contributed by atoms with E-state index >= 15 is 0 Å². The third-order valence-electron chi connectivity index (χ3n) is 4.50. The predicted molar refractivity (Wildman–Crippen MR) is 99.6 cm³/mol. The largest absolute Gasteiger partial charge is 0.508 e. The van der Waals surface area contributed by atoms with Crippen molar-refractivity contribution < 1.29 is 14.7 Å². The number of anilines is 1. The number of likely N-dealkylation sites (tertiary alicyclic amines) is 1. The molecule has 2 amide bonds. The first kappa shape index (κ1) is 17.9. The summed E-state index contributed by atoms with van der Waals surface area (Å²) in [5.41, 5.74) is 1.75.